The summed E-state index contributed by atoms with van der Waals surface area (Å²) in [6, 6.07) is 2.54. The first-order chi connectivity index (χ1) is 8.74. The molecule has 1 aliphatic heterocycles. The van der Waals surface area contributed by atoms with Crippen molar-refractivity contribution in [3.63, 3.8) is 0 Å². The molecule has 2 rings (SSSR count). The van der Waals surface area contributed by atoms with Crippen LogP contribution >= 0.6 is 0 Å². The molecule has 1 N–H and O–H groups in total. The number of hydrogen-bond acceptors (Lipinski definition) is 3. The second-order valence-electron chi connectivity index (χ2n) is 6.07. The first-order valence-electron chi connectivity index (χ1n) is 7.56. The maximum atomic E-state index is 9.43. The van der Waals surface area contributed by atoms with E-state index in [1.807, 2.05) is 7.05 Å². The third kappa shape index (κ3) is 2.70. The molecule has 0 bridgehead atoms. The fourth-order valence-corrected chi connectivity index (χ4v) is 3.79. The molecule has 1 heterocycles. The maximum absolute atomic E-state index is 9.43. The molecule has 2 aliphatic rings. The van der Waals surface area contributed by atoms with Crippen LogP contribution in [0.2, 0.25) is 0 Å². The molecular weight excluding hydrogens is 222 g/mol. The molecular formula is C15H27N3. The summed E-state index contributed by atoms with van der Waals surface area (Å²) in [6.45, 7) is 6.03. The highest BCUT2D eigenvalue weighted by Gasteiger charge is 2.41. The summed E-state index contributed by atoms with van der Waals surface area (Å²) in [5.41, 5.74) is -0.232. The lowest BCUT2D eigenvalue weighted by molar-refractivity contribution is 0.252. The van der Waals surface area contributed by atoms with Gasteiger partial charge in [-0.1, -0.05) is 19.8 Å². The Bertz CT molecular complexity index is 309. The van der Waals surface area contributed by atoms with Crippen LogP contribution in [-0.4, -0.2) is 37.1 Å². The number of nitrogens with one attached hydrogen (secondary N) is 1. The summed E-state index contributed by atoms with van der Waals surface area (Å²) < 4.78 is 0. The molecule has 3 nitrogen and oxygen atoms in total. The Kier molecular flexibility index (Phi) is 4.64. The van der Waals surface area contributed by atoms with Crippen LogP contribution in [0, 0.1) is 23.2 Å². The van der Waals surface area contributed by atoms with Crippen LogP contribution in [0.25, 0.3) is 0 Å². The average molecular weight is 249 g/mol. The summed E-state index contributed by atoms with van der Waals surface area (Å²) in [6.07, 6.45) is 7.33. The van der Waals surface area contributed by atoms with Crippen molar-refractivity contribution in [2.75, 3.05) is 26.7 Å². The van der Waals surface area contributed by atoms with Crippen molar-refractivity contribution in [1.29, 1.82) is 5.26 Å². The summed E-state index contributed by atoms with van der Waals surface area (Å²) in [7, 11) is 1.95. The Morgan fingerprint density at radius 2 is 2.28 bits per heavy atom. The van der Waals surface area contributed by atoms with Gasteiger partial charge in [0.1, 0.15) is 5.54 Å². The Morgan fingerprint density at radius 1 is 1.44 bits per heavy atom. The van der Waals surface area contributed by atoms with E-state index >= 15 is 0 Å². The molecule has 3 unspecified atom stereocenters. The van der Waals surface area contributed by atoms with Crippen LogP contribution in [0.1, 0.15) is 45.4 Å². The Hall–Kier alpha value is -0.590. The van der Waals surface area contributed by atoms with E-state index < -0.39 is 0 Å². The van der Waals surface area contributed by atoms with E-state index in [1.54, 1.807) is 0 Å². The van der Waals surface area contributed by atoms with Crippen LogP contribution in [0.5, 0.6) is 0 Å². The molecule has 3 heteroatoms. The van der Waals surface area contributed by atoms with E-state index in [2.05, 4.69) is 23.2 Å². The van der Waals surface area contributed by atoms with E-state index in [-0.39, 0.29) is 5.54 Å². The van der Waals surface area contributed by atoms with E-state index in [0.29, 0.717) is 5.92 Å². The van der Waals surface area contributed by atoms with Crippen LogP contribution in [0.3, 0.4) is 0 Å². The molecule has 102 valence electrons. The zero-order valence-electron chi connectivity index (χ0n) is 11.9. The number of hydrogen-bond donors (Lipinski definition) is 1. The van der Waals surface area contributed by atoms with E-state index in [9.17, 15) is 5.26 Å². The quantitative estimate of drug-likeness (QED) is 0.813. The Balaban J connectivity index is 1.82. The standard InChI is InChI=1S/C15H27N3/c1-3-13-6-9-18(11-13)10-7-14-5-4-8-15(14,12-16)17-2/h13-14,17H,3-11H2,1-2H3. The predicted octanol–water partition coefficient (Wildman–Crippen LogP) is 2.39. The van der Waals surface area contributed by atoms with Gasteiger partial charge in [-0.2, -0.15) is 5.26 Å². The van der Waals surface area contributed by atoms with Gasteiger partial charge >= 0.3 is 0 Å². The zero-order chi connectivity index (χ0) is 13.0. The smallest absolute Gasteiger partial charge is 0.109 e. The minimum absolute atomic E-state index is 0.232. The van der Waals surface area contributed by atoms with Gasteiger partial charge in [0.25, 0.3) is 0 Å². The Labute approximate surface area is 112 Å². The third-order valence-corrected chi connectivity index (χ3v) is 5.21. The van der Waals surface area contributed by atoms with Gasteiger partial charge in [0.15, 0.2) is 0 Å². The molecule has 2 fully saturated rings. The fraction of sp³-hybridized carbons (Fsp3) is 0.933. The highest BCUT2D eigenvalue weighted by atomic mass is 15.1. The van der Waals surface area contributed by atoms with Gasteiger partial charge in [-0.05, 0) is 57.7 Å². The molecule has 1 saturated carbocycles. The van der Waals surface area contributed by atoms with Crippen molar-refractivity contribution in [2.24, 2.45) is 11.8 Å². The minimum atomic E-state index is -0.232. The lowest BCUT2D eigenvalue weighted by atomic mass is 9.86. The second kappa shape index (κ2) is 6.04. The van der Waals surface area contributed by atoms with Gasteiger partial charge in [0, 0.05) is 6.54 Å². The zero-order valence-corrected chi connectivity index (χ0v) is 11.9. The van der Waals surface area contributed by atoms with Crippen molar-refractivity contribution in [3.8, 4) is 6.07 Å². The first-order valence-corrected chi connectivity index (χ1v) is 7.56. The highest BCUT2D eigenvalue weighted by Crippen LogP contribution is 2.37. The average Bonchev–Trinajstić information content (AvgIpc) is 3.03. The van der Waals surface area contributed by atoms with Crippen LogP contribution in [0.15, 0.2) is 0 Å². The molecule has 0 radical (unpaired) electrons. The fourth-order valence-electron chi connectivity index (χ4n) is 3.79. The molecule has 18 heavy (non-hydrogen) atoms. The van der Waals surface area contributed by atoms with Crippen LogP contribution in [-0.2, 0) is 0 Å². The number of rotatable bonds is 5. The van der Waals surface area contributed by atoms with Gasteiger partial charge in [0.2, 0.25) is 0 Å². The third-order valence-electron chi connectivity index (χ3n) is 5.21. The molecule has 3 atom stereocenters. The summed E-state index contributed by atoms with van der Waals surface area (Å²) >= 11 is 0. The van der Waals surface area contributed by atoms with Crippen molar-refractivity contribution >= 4 is 0 Å². The lowest BCUT2D eigenvalue weighted by Crippen LogP contribution is -2.45. The van der Waals surface area contributed by atoms with Crippen LogP contribution < -0.4 is 5.32 Å². The van der Waals surface area contributed by atoms with Crippen molar-refractivity contribution in [1.82, 2.24) is 10.2 Å². The molecule has 0 spiro atoms. The minimum Gasteiger partial charge on any atom is -0.303 e. The second-order valence-corrected chi connectivity index (χ2v) is 6.07. The summed E-state index contributed by atoms with van der Waals surface area (Å²) in [5, 5.41) is 12.7. The van der Waals surface area contributed by atoms with E-state index in [1.165, 1.54) is 51.7 Å². The topological polar surface area (TPSA) is 39.1 Å². The molecule has 0 aromatic carbocycles. The van der Waals surface area contributed by atoms with Gasteiger partial charge in [-0.25, -0.2) is 0 Å². The normalized spacial score (nSPS) is 36.9. The predicted molar refractivity (Wildman–Crippen MR) is 74.2 cm³/mol. The highest BCUT2D eigenvalue weighted by molar-refractivity contribution is 5.13. The Morgan fingerprint density at radius 3 is 2.89 bits per heavy atom. The van der Waals surface area contributed by atoms with Gasteiger partial charge in [0.05, 0.1) is 6.07 Å². The van der Waals surface area contributed by atoms with Gasteiger partial charge < -0.3 is 10.2 Å². The SMILES string of the molecule is CCC1CCN(CCC2CCCC2(C#N)NC)C1. The monoisotopic (exact) mass is 249 g/mol. The van der Waals surface area contributed by atoms with Crippen molar-refractivity contribution in [2.45, 2.75) is 51.0 Å². The van der Waals surface area contributed by atoms with Crippen molar-refractivity contribution in [3.05, 3.63) is 0 Å². The molecule has 1 saturated heterocycles. The number of likely N-dealkylation sites (tertiary alicyclic amines) is 1. The van der Waals surface area contributed by atoms with Gasteiger partial charge in [-0.15, -0.1) is 0 Å². The molecule has 0 amide bonds. The molecule has 0 aromatic rings. The largest absolute Gasteiger partial charge is 0.303 e. The number of nitrogens with zero attached hydrogens (tertiary/aromatic N) is 2. The first kappa shape index (κ1) is 13.8. The lowest BCUT2D eigenvalue weighted by Gasteiger charge is -2.29. The van der Waals surface area contributed by atoms with Crippen LogP contribution in [0.4, 0.5) is 0 Å². The molecule has 1 aliphatic carbocycles. The molecule has 0 aromatic heterocycles. The maximum Gasteiger partial charge on any atom is 0.109 e. The summed E-state index contributed by atoms with van der Waals surface area (Å²) in [5.74, 6) is 1.46. The van der Waals surface area contributed by atoms with Crippen molar-refractivity contribution < 1.29 is 0 Å². The van der Waals surface area contributed by atoms with Gasteiger partial charge in [-0.3, -0.25) is 0 Å². The van der Waals surface area contributed by atoms with E-state index in [0.717, 1.165) is 12.3 Å². The number of nitriles is 1. The van der Waals surface area contributed by atoms with E-state index in [4.69, 9.17) is 0 Å². The summed E-state index contributed by atoms with van der Waals surface area (Å²) in [4.78, 5) is 2.60.